The van der Waals surface area contributed by atoms with E-state index in [1.54, 1.807) is 7.11 Å². The van der Waals surface area contributed by atoms with Gasteiger partial charge in [-0.25, -0.2) is 0 Å². The zero-order valence-electron chi connectivity index (χ0n) is 12.4. The maximum atomic E-state index is 5.19. The zero-order valence-corrected chi connectivity index (χ0v) is 12.4. The summed E-state index contributed by atoms with van der Waals surface area (Å²) in [4.78, 5) is 4.94. The molecule has 0 unspecified atom stereocenters. The summed E-state index contributed by atoms with van der Waals surface area (Å²) in [5, 5.41) is 0. The number of hydrogen-bond donors (Lipinski definition) is 0. The van der Waals surface area contributed by atoms with Gasteiger partial charge in [0.25, 0.3) is 0 Å². The number of nitrogens with zero attached hydrogens (tertiary/aromatic N) is 1. The number of ether oxygens (including phenoxy) is 1. The fourth-order valence-electron chi connectivity index (χ4n) is 3.91. The Balaban J connectivity index is 1.93. The topological polar surface area (TPSA) is 21.6 Å². The average Bonchev–Trinajstić information content (AvgIpc) is 2.73. The van der Waals surface area contributed by atoms with Gasteiger partial charge in [0.15, 0.2) is 0 Å². The molecule has 0 heterocycles. The minimum atomic E-state index is 0.289. The molecular weight excluding hydrogens is 234 g/mol. The highest BCUT2D eigenvalue weighted by molar-refractivity contribution is 5.96. The molecule has 3 rings (SSSR count). The predicted octanol–water partition coefficient (Wildman–Crippen LogP) is 4.61. The highest BCUT2D eigenvalue weighted by Crippen LogP contribution is 2.64. The number of methoxy groups -OCH3 is 1. The molecule has 0 amide bonds. The lowest BCUT2D eigenvalue weighted by molar-refractivity contribution is 0.194. The van der Waals surface area contributed by atoms with Crippen molar-refractivity contribution in [2.75, 3.05) is 7.11 Å². The fraction of sp³-hybridized carbons (Fsp3) is 0.588. The molecule has 2 saturated carbocycles. The Hall–Kier alpha value is -1.31. The van der Waals surface area contributed by atoms with Gasteiger partial charge in [0, 0.05) is 11.1 Å². The van der Waals surface area contributed by atoms with Crippen LogP contribution in [0.5, 0.6) is 5.75 Å². The largest absolute Gasteiger partial charge is 0.497 e. The summed E-state index contributed by atoms with van der Waals surface area (Å²) in [6.45, 7) is 7.24. The van der Waals surface area contributed by atoms with Gasteiger partial charge >= 0.3 is 0 Å². The quantitative estimate of drug-likeness (QED) is 0.758. The second-order valence-electron chi connectivity index (χ2n) is 6.75. The van der Waals surface area contributed by atoms with Crippen LogP contribution in [0.4, 0.5) is 5.69 Å². The Morgan fingerprint density at radius 2 is 1.84 bits per heavy atom. The van der Waals surface area contributed by atoms with E-state index < -0.39 is 0 Å². The Bertz CT molecular complexity index is 515. The zero-order chi connectivity index (χ0) is 13.7. The van der Waals surface area contributed by atoms with Crippen LogP contribution in [0.15, 0.2) is 29.3 Å². The summed E-state index contributed by atoms with van der Waals surface area (Å²) in [5.41, 5.74) is 3.15. The standard InChI is InChI=1S/C17H23NO/c1-16(2)12-9-10-17(16,3)15(11-12)18-13-5-7-14(19-4)8-6-13/h5-8,12H,9-11H2,1-4H3/t12-,17+/m1/s1. The number of aliphatic imine (C=N–C) groups is 1. The third kappa shape index (κ3) is 1.73. The first-order valence-electron chi connectivity index (χ1n) is 7.19. The summed E-state index contributed by atoms with van der Waals surface area (Å²) < 4.78 is 5.19. The number of hydrogen-bond acceptors (Lipinski definition) is 2. The summed E-state index contributed by atoms with van der Waals surface area (Å²) in [6.07, 6.45) is 3.83. The molecule has 0 aromatic heterocycles. The lowest BCUT2D eigenvalue weighted by atomic mass is 9.70. The third-order valence-corrected chi connectivity index (χ3v) is 5.85. The minimum absolute atomic E-state index is 0.289. The minimum Gasteiger partial charge on any atom is -0.497 e. The highest BCUT2D eigenvalue weighted by atomic mass is 16.5. The highest BCUT2D eigenvalue weighted by Gasteiger charge is 2.59. The van der Waals surface area contributed by atoms with Crippen molar-refractivity contribution in [2.45, 2.75) is 40.0 Å². The molecule has 2 bridgehead atoms. The first-order valence-corrected chi connectivity index (χ1v) is 7.19. The molecule has 0 spiro atoms. The predicted molar refractivity (Wildman–Crippen MR) is 79.3 cm³/mol. The Kier molecular flexibility index (Phi) is 2.74. The van der Waals surface area contributed by atoms with E-state index in [1.807, 2.05) is 24.3 Å². The van der Waals surface area contributed by atoms with Gasteiger partial charge in [-0.15, -0.1) is 0 Å². The van der Waals surface area contributed by atoms with Gasteiger partial charge in [-0.3, -0.25) is 4.99 Å². The van der Waals surface area contributed by atoms with Crippen LogP contribution in [0.2, 0.25) is 0 Å². The molecule has 2 aliphatic carbocycles. The van der Waals surface area contributed by atoms with Gasteiger partial charge in [0.1, 0.15) is 5.75 Å². The SMILES string of the molecule is COc1ccc(N=C2C[C@H]3CC[C@]2(C)C3(C)C)cc1. The maximum absolute atomic E-state index is 5.19. The number of benzene rings is 1. The van der Waals surface area contributed by atoms with Crippen LogP contribution in [-0.2, 0) is 0 Å². The molecule has 19 heavy (non-hydrogen) atoms. The summed E-state index contributed by atoms with van der Waals surface area (Å²) in [5.74, 6) is 1.71. The Morgan fingerprint density at radius 1 is 1.16 bits per heavy atom. The van der Waals surface area contributed by atoms with Gasteiger partial charge < -0.3 is 4.74 Å². The molecule has 2 aliphatic rings. The molecule has 2 heteroatoms. The van der Waals surface area contributed by atoms with Crippen LogP contribution in [-0.4, -0.2) is 12.8 Å². The lowest BCUT2D eigenvalue weighted by Gasteiger charge is -2.34. The van der Waals surface area contributed by atoms with Crippen LogP contribution in [0.1, 0.15) is 40.0 Å². The van der Waals surface area contributed by atoms with Crippen LogP contribution in [0.3, 0.4) is 0 Å². The van der Waals surface area contributed by atoms with E-state index in [2.05, 4.69) is 20.8 Å². The molecule has 2 fully saturated rings. The van der Waals surface area contributed by atoms with E-state index in [9.17, 15) is 0 Å². The normalized spacial score (nSPS) is 33.9. The fourth-order valence-corrected chi connectivity index (χ4v) is 3.91. The first-order chi connectivity index (χ1) is 8.97. The van der Waals surface area contributed by atoms with Crippen LogP contribution in [0, 0.1) is 16.7 Å². The van der Waals surface area contributed by atoms with E-state index in [0.29, 0.717) is 5.41 Å². The second-order valence-corrected chi connectivity index (χ2v) is 6.75. The van der Waals surface area contributed by atoms with E-state index in [-0.39, 0.29) is 5.41 Å². The van der Waals surface area contributed by atoms with E-state index >= 15 is 0 Å². The molecule has 0 radical (unpaired) electrons. The van der Waals surface area contributed by atoms with Gasteiger partial charge in [-0.1, -0.05) is 20.8 Å². The van der Waals surface area contributed by atoms with Crippen molar-refractivity contribution in [3.63, 3.8) is 0 Å². The Labute approximate surface area is 115 Å². The van der Waals surface area contributed by atoms with Crippen molar-refractivity contribution in [2.24, 2.45) is 21.7 Å². The van der Waals surface area contributed by atoms with E-state index in [4.69, 9.17) is 9.73 Å². The lowest BCUT2D eigenvalue weighted by Crippen LogP contribution is -2.32. The van der Waals surface area contributed by atoms with Gasteiger partial charge in [0.05, 0.1) is 12.8 Å². The van der Waals surface area contributed by atoms with Crippen molar-refractivity contribution in [3.8, 4) is 5.75 Å². The van der Waals surface area contributed by atoms with Crippen molar-refractivity contribution in [3.05, 3.63) is 24.3 Å². The van der Waals surface area contributed by atoms with E-state index in [1.165, 1.54) is 25.0 Å². The van der Waals surface area contributed by atoms with Crippen LogP contribution >= 0.6 is 0 Å². The smallest absolute Gasteiger partial charge is 0.119 e. The molecule has 2 nitrogen and oxygen atoms in total. The monoisotopic (exact) mass is 257 g/mol. The van der Waals surface area contributed by atoms with Crippen molar-refractivity contribution >= 4 is 11.4 Å². The molecule has 1 aromatic carbocycles. The van der Waals surface area contributed by atoms with E-state index in [0.717, 1.165) is 17.4 Å². The molecule has 1 aromatic rings. The van der Waals surface area contributed by atoms with Gasteiger partial charge in [-0.05, 0) is 54.9 Å². The molecule has 0 aliphatic heterocycles. The van der Waals surface area contributed by atoms with Crippen LogP contribution < -0.4 is 4.74 Å². The van der Waals surface area contributed by atoms with Crippen molar-refractivity contribution in [1.82, 2.24) is 0 Å². The first kappa shape index (κ1) is 12.7. The summed E-state index contributed by atoms with van der Waals surface area (Å²) >= 11 is 0. The Morgan fingerprint density at radius 3 is 2.32 bits per heavy atom. The van der Waals surface area contributed by atoms with Gasteiger partial charge in [-0.2, -0.15) is 0 Å². The van der Waals surface area contributed by atoms with Gasteiger partial charge in [0.2, 0.25) is 0 Å². The second kappa shape index (κ2) is 4.09. The third-order valence-electron chi connectivity index (χ3n) is 5.85. The summed E-state index contributed by atoms with van der Waals surface area (Å²) in [7, 11) is 1.69. The van der Waals surface area contributed by atoms with Crippen LogP contribution in [0.25, 0.3) is 0 Å². The molecule has 102 valence electrons. The number of rotatable bonds is 2. The molecule has 0 N–H and O–H groups in total. The summed E-state index contributed by atoms with van der Waals surface area (Å²) in [6, 6.07) is 8.07. The maximum Gasteiger partial charge on any atom is 0.119 e. The molecule has 2 atom stereocenters. The molecule has 0 saturated heterocycles. The number of fused-ring (bicyclic) bond motifs is 2. The van der Waals surface area contributed by atoms with Crippen molar-refractivity contribution < 1.29 is 4.74 Å². The molecular formula is C17H23NO. The average molecular weight is 257 g/mol. The van der Waals surface area contributed by atoms with Crippen molar-refractivity contribution in [1.29, 1.82) is 0 Å².